The Bertz CT molecular complexity index is 641. The minimum atomic E-state index is -0.181. The maximum atomic E-state index is 11.9. The number of nitrogens with one attached hydrogen (secondary N) is 2. The third-order valence-corrected chi connectivity index (χ3v) is 3.99. The van der Waals surface area contributed by atoms with Crippen molar-refractivity contribution in [3.05, 3.63) is 65.7 Å². The fraction of sp³-hybridized carbons (Fsp3) is 0.350. The minimum absolute atomic E-state index is 0.00393. The van der Waals surface area contributed by atoms with Gasteiger partial charge in [-0.2, -0.15) is 0 Å². The number of anilines is 1. The fourth-order valence-electron chi connectivity index (χ4n) is 2.57. The molecule has 0 radical (unpaired) electrons. The monoisotopic (exact) mass is 340 g/mol. The van der Waals surface area contributed by atoms with Crippen molar-refractivity contribution in [1.82, 2.24) is 10.2 Å². The Balaban J connectivity index is 1.63. The van der Waals surface area contributed by atoms with Gasteiger partial charge < -0.3 is 21.3 Å². The van der Waals surface area contributed by atoms with Crippen molar-refractivity contribution in [3.8, 4) is 0 Å². The highest BCUT2D eigenvalue weighted by Gasteiger charge is 2.04. The molecule has 2 rings (SSSR count). The molecule has 5 nitrogen and oxygen atoms in total. The number of amides is 2. The number of rotatable bonds is 8. The van der Waals surface area contributed by atoms with Crippen LogP contribution in [0.3, 0.4) is 0 Å². The van der Waals surface area contributed by atoms with Gasteiger partial charge in [-0.3, -0.25) is 0 Å². The second-order valence-electron chi connectivity index (χ2n) is 6.37. The van der Waals surface area contributed by atoms with Crippen LogP contribution in [0.15, 0.2) is 54.6 Å². The zero-order chi connectivity index (χ0) is 18.1. The Labute approximate surface area is 150 Å². The van der Waals surface area contributed by atoms with Crippen LogP contribution in [-0.4, -0.2) is 31.1 Å². The first-order chi connectivity index (χ1) is 12.0. The predicted octanol–water partition coefficient (Wildman–Crippen LogP) is 3.35. The number of benzene rings is 2. The largest absolute Gasteiger partial charge is 0.338 e. The predicted molar refractivity (Wildman–Crippen MR) is 103 cm³/mol. The maximum absolute atomic E-state index is 11.9. The molecule has 0 spiro atoms. The van der Waals surface area contributed by atoms with E-state index in [-0.39, 0.29) is 12.1 Å². The van der Waals surface area contributed by atoms with E-state index in [0.29, 0.717) is 6.54 Å². The minimum Gasteiger partial charge on any atom is -0.338 e. The van der Waals surface area contributed by atoms with Crippen LogP contribution >= 0.6 is 0 Å². The van der Waals surface area contributed by atoms with Gasteiger partial charge in [0.05, 0.1) is 0 Å². The Morgan fingerprint density at radius 2 is 1.80 bits per heavy atom. The van der Waals surface area contributed by atoms with Crippen LogP contribution in [0.4, 0.5) is 10.5 Å². The number of carbonyl (C=O) groups is 1. The number of hydrogen-bond acceptors (Lipinski definition) is 3. The first kappa shape index (κ1) is 19.0. The summed E-state index contributed by atoms with van der Waals surface area (Å²) in [6.45, 7) is 4.42. The van der Waals surface area contributed by atoms with E-state index in [1.807, 2.05) is 37.3 Å². The molecule has 0 fully saturated rings. The van der Waals surface area contributed by atoms with E-state index in [0.717, 1.165) is 30.8 Å². The summed E-state index contributed by atoms with van der Waals surface area (Å²) in [7, 11) is 2.09. The van der Waals surface area contributed by atoms with E-state index in [1.54, 1.807) is 0 Å². The lowest BCUT2D eigenvalue weighted by Gasteiger charge is -2.17. The number of hydrogen-bond donors (Lipinski definition) is 3. The lowest BCUT2D eigenvalue weighted by Crippen LogP contribution is -2.31. The molecule has 0 aliphatic heterocycles. The lowest BCUT2D eigenvalue weighted by atomic mass is 10.1. The van der Waals surface area contributed by atoms with Gasteiger partial charge in [0.15, 0.2) is 0 Å². The van der Waals surface area contributed by atoms with E-state index in [1.165, 1.54) is 5.56 Å². The number of carbonyl (C=O) groups excluding carboxylic acids is 1. The first-order valence-electron chi connectivity index (χ1n) is 8.67. The molecule has 2 amide bonds. The molecular weight excluding hydrogens is 312 g/mol. The van der Waals surface area contributed by atoms with Gasteiger partial charge in [0.2, 0.25) is 0 Å². The highest BCUT2D eigenvalue weighted by atomic mass is 16.2. The van der Waals surface area contributed by atoms with Gasteiger partial charge in [-0.25, -0.2) is 4.79 Å². The van der Waals surface area contributed by atoms with Crippen LogP contribution in [0, 0.1) is 0 Å². The van der Waals surface area contributed by atoms with Crippen molar-refractivity contribution in [3.63, 3.8) is 0 Å². The average Bonchev–Trinajstić information content (AvgIpc) is 2.60. The third kappa shape index (κ3) is 6.95. The second-order valence-corrected chi connectivity index (χ2v) is 6.37. The molecule has 0 saturated heterocycles. The standard InChI is InChI=1S/C20H28N4O/c1-16(21)18-9-11-19(12-10-18)23-20(25)22-13-6-14-24(2)15-17-7-4-3-5-8-17/h3-5,7-12,16H,6,13-15,21H2,1-2H3,(H2,22,23,25). The van der Waals surface area contributed by atoms with Crippen molar-refractivity contribution in [2.24, 2.45) is 5.73 Å². The Kier molecular flexibility index (Phi) is 7.44. The molecule has 0 heterocycles. The van der Waals surface area contributed by atoms with Crippen molar-refractivity contribution >= 4 is 11.7 Å². The number of nitrogens with zero attached hydrogens (tertiary/aromatic N) is 1. The van der Waals surface area contributed by atoms with Crippen LogP contribution in [0.2, 0.25) is 0 Å². The molecule has 0 aliphatic carbocycles. The van der Waals surface area contributed by atoms with Crippen molar-refractivity contribution < 1.29 is 4.79 Å². The molecule has 134 valence electrons. The summed E-state index contributed by atoms with van der Waals surface area (Å²) in [6.07, 6.45) is 0.903. The quantitative estimate of drug-likeness (QED) is 0.645. The van der Waals surface area contributed by atoms with Gasteiger partial charge in [0.25, 0.3) is 0 Å². The summed E-state index contributed by atoms with van der Waals surface area (Å²) >= 11 is 0. The normalized spacial score (nSPS) is 12.0. The second kappa shape index (κ2) is 9.81. The van der Waals surface area contributed by atoms with Crippen molar-refractivity contribution in [2.45, 2.75) is 25.9 Å². The topological polar surface area (TPSA) is 70.4 Å². The van der Waals surface area contributed by atoms with Gasteiger partial charge >= 0.3 is 6.03 Å². The van der Waals surface area contributed by atoms with Gasteiger partial charge in [0.1, 0.15) is 0 Å². The summed E-state index contributed by atoms with van der Waals surface area (Å²) in [6, 6.07) is 17.8. The molecule has 25 heavy (non-hydrogen) atoms. The molecule has 0 bridgehead atoms. The summed E-state index contributed by atoms with van der Waals surface area (Å²) in [5, 5.41) is 5.72. The Hall–Kier alpha value is -2.37. The lowest BCUT2D eigenvalue weighted by molar-refractivity contribution is 0.250. The highest BCUT2D eigenvalue weighted by molar-refractivity contribution is 5.89. The Morgan fingerprint density at radius 3 is 2.44 bits per heavy atom. The number of urea groups is 1. The fourth-order valence-corrected chi connectivity index (χ4v) is 2.57. The molecule has 0 aromatic heterocycles. The molecule has 4 N–H and O–H groups in total. The van der Waals surface area contributed by atoms with Crippen LogP contribution in [-0.2, 0) is 6.54 Å². The maximum Gasteiger partial charge on any atom is 0.319 e. The van der Waals surface area contributed by atoms with Crippen molar-refractivity contribution in [2.75, 3.05) is 25.5 Å². The zero-order valence-electron chi connectivity index (χ0n) is 15.0. The van der Waals surface area contributed by atoms with Crippen LogP contribution in [0.1, 0.15) is 30.5 Å². The molecule has 2 aromatic carbocycles. The average molecular weight is 340 g/mol. The smallest absolute Gasteiger partial charge is 0.319 e. The summed E-state index contributed by atoms with van der Waals surface area (Å²) in [4.78, 5) is 14.2. The Morgan fingerprint density at radius 1 is 1.12 bits per heavy atom. The molecule has 5 heteroatoms. The molecule has 1 unspecified atom stereocenters. The van der Waals surface area contributed by atoms with E-state index in [4.69, 9.17) is 5.73 Å². The molecule has 0 saturated carbocycles. The van der Waals surface area contributed by atoms with Crippen molar-refractivity contribution in [1.29, 1.82) is 0 Å². The molecule has 1 atom stereocenters. The highest BCUT2D eigenvalue weighted by Crippen LogP contribution is 2.13. The van der Waals surface area contributed by atoms with Crippen LogP contribution in [0.5, 0.6) is 0 Å². The molecule has 2 aromatic rings. The van der Waals surface area contributed by atoms with E-state index >= 15 is 0 Å². The van der Waals surface area contributed by atoms with E-state index in [2.05, 4.69) is 46.8 Å². The van der Waals surface area contributed by atoms with E-state index < -0.39 is 0 Å². The first-order valence-corrected chi connectivity index (χ1v) is 8.67. The van der Waals surface area contributed by atoms with E-state index in [9.17, 15) is 4.79 Å². The van der Waals surface area contributed by atoms with Gasteiger partial charge in [-0.05, 0) is 50.2 Å². The van der Waals surface area contributed by atoms with Gasteiger partial charge in [-0.15, -0.1) is 0 Å². The summed E-state index contributed by atoms with van der Waals surface area (Å²) in [5.41, 5.74) is 8.93. The zero-order valence-corrected chi connectivity index (χ0v) is 15.0. The summed E-state index contributed by atoms with van der Waals surface area (Å²) < 4.78 is 0. The number of nitrogens with two attached hydrogens (primary N) is 1. The van der Waals surface area contributed by atoms with Gasteiger partial charge in [-0.1, -0.05) is 42.5 Å². The third-order valence-electron chi connectivity index (χ3n) is 3.99. The SMILES string of the molecule is CC(N)c1ccc(NC(=O)NCCCN(C)Cc2ccccc2)cc1. The molecule has 0 aliphatic rings. The van der Waals surface area contributed by atoms with Gasteiger partial charge in [0, 0.05) is 24.8 Å². The van der Waals surface area contributed by atoms with Crippen LogP contribution in [0.25, 0.3) is 0 Å². The molecular formula is C20H28N4O. The van der Waals surface area contributed by atoms with Crippen LogP contribution < -0.4 is 16.4 Å². The summed E-state index contributed by atoms with van der Waals surface area (Å²) in [5.74, 6) is 0.